The fraction of sp³-hybridized carbons (Fsp3) is 0.167. The number of carbonyl (C=O) groups is 1. The number of ether oxygens (including phenoxy) is 1. The number of amides is 1. The van der Waals surface area contributed by atoms with Gasteiger partial charge in [0.15, 0.2) is 0 Å². The molecule has 1 unspecified atom stereocenters. The number of hydrogen-bond donors (Lipinski definition) is 1. The molecule has 0 aliphatic heterocycles. The van der Waals surface area contributed by atoms with E-state index in [0.29, 0.717) is 27.9 Å². The lowest BCUT2D eigenvalue weighted by molar-refractivity contribution is 0.121. The van der Waals surface area contributed by atoms with Crippen molar-refractivity contribution in [1.82, 2.24) is 10.1 Å². The van der Waals surface area contributed by atoms with Crippen LogP contribution in [0.15, 0.2) is 51.6 Å². The monoisotopic (exact) mass is 435 g/mol. The summed E-state index contributed by atoms with van der Waals surface area (Å²) in [5.74, 6) is 0.359. The van der Waals surface area contributed by atoms with Crippen molar-refractivity contribution >= 4 is 39.3 Å². The first-order valence-corrected chi connectivity index (χ1v) is 8.93. The Labute approximate surface area is 163 Å². The Morgan fingerprint density at radius 3 is 2.77 bits per heavy atom. The molecule has 2 heterocycles. The highest BCUT2D eigenvalue weighted by Gasteiger charge is 2.21. The van der Waals surface area contributed by atoms with Gasteiger partial charge in [0.05, 0.1) is 0 Å². The molecule has 0 saturated carbocycles. The summed E-state index contributed by atoms with van der Waals surface area (Å²) in [6, 6.07) is 10.8. The van der Waals surface area contributed by atoms with E-state index in [0.717, 1.165) is 10.0 Å². The number of benzene rings is 1. The van der Waals surface area contributed by atoms with E-state index in [1.807, 2.05) is 24.3 Å². The van der Waals surface area contributed by atoms with Gasteiger partial charge in [-0.2, -0.15) is 0 Å². The van der Waals surface area contributed by atoms with Gasteiger partial charge in [-0.05, 0) is 48.0 Å². The topological polar surface area (TPSA) is 77.3 Å². The number of hydrogen-bond acceptors (Lipinski definition) is 5. The third-order valence-electron chi connectivity index (χ3n) is 3.68. The number of anilines is 1. The minimum Gasteiger partial charge on any atom is -0.441 e. The van der Waals surface area contributed by atoms with Gasteiger partial charge in [0, 0.05) is 21.3 Å². The highest BCUT2D eigenvalue weighted by Crippen LogP contribution is 2.31. The second kappa shape index (κ2) is 7.88. The van der Waals surface area contributed by atoms with E-state index in [1.165, 1.54) is 0 Å². The lowest BCUT2D eigenvalue weighted by Gasteiger charge is -2.15. The van der Waals surface area contributed by atoms with Crippen molar-refractivity contribution in [2.45, 2.75) is 20.0 Å². The van der Waals surface area contributed by atoms with Gasteiger partial charge >= 0.3 is 6.09 Å². The van der Waals surface area contributed by atoms with Crippen molar-refractivity contribution in [3.63, 3.8) is 0 Å². The molecular formula is C18H15BrClN3O3. The second-order valence-electron chi connectivity index (χ2n) is 5.53. The number of rotatable bonds is 4. The fourth-order valence-electron chi connectivity index (χ4n) is 2.36. The van der Waals surface area contributed by atoms with Gasteiger partial charge in [0.1, 0.15) is 23.2 Å². The summed E-state index contributed by atoms with van der Waals surface area (Å²) in [6.07, 6.45) is 0.481. The van der Waals surface area contributed by atoms with Crippen molar-refractivity contribution in [1.29, 1.82) is 0 Å². The number of aryl methyl sites for hydroxylation is 1. The molecule has 26 heavy (non-hydrogen) atoms. The molecule has 1 amide bonds. The van der Waals surface area contributed by atoms with Gasteiger partial charge in [-0.25, -0.2) is 4.79 Å². The van der Waals surface area contributed by atoms with Gasteiger partial charge in [-0.1, -0.05) is 35.0 Å². The van der Waals surface area contributed by atoms with Gasteiger partial charge in [-0.3, -0.25) is 10.3 Å². The molecule has 6 nitrogen and oxygen atoms in total. The molecule has 1 N–H and O–H groups in total. The van der Waals surface area contributed by atoms with Crippen LogP contribution in [0.5, 0.6) is 0 Å². The summed E-state index contributed by atoms with van der Waals surface area (Å²) < 4.78 is 11.6. The van der Waals surface area contributed by atoms with Crippen LogP contribution in [0.2, 0.25) is 5.02 Å². The molecular weight excluding hydrogens is 422 g/mol. The third kappa shape index (κ3) is 4.05. The fourth-order valence-corrected chi connectivity index (χ4v) is 2.89. The highest BCUT2D eigenvalue weighted by molar-refractivity contribution is 9.10. The maximum Gasteiger partial charge on any atom is 0.412 e. The highest BCUT2D eigenvalue weighted by atomic mass is 79.9. The number of aromatic nitrogens is 2. The van der Waals surface area contributed by atoms with Crippen LogP contribution >= 0.6 is 27.5 Å². The summed E-state index contributed by atoms with van der Waals surface area (Å²) in [5, 5.41) is 7.12. The van der Waals surface area contributed by atoms with E-state index in [9.17, 15) is 4.79 Å². The van der Waals surface area contributed by atoms with Crippen LogP contribution in [0.25, 0.3) is 11.5 Å². The van der Waals surface area contributed by atoms with E-state index in [4.69, 9.17) is 20.9 Å². The van der Waals surface area contributed by atoms with Crippen LogP contribution in [0.1, 0.15) is 24.3 Å². The molecule has 3 rings (SSSR count). The zero-order chi connectivity index (χ0) is 18.7. The van der Waals surface area contributed by atoms with E-state index in [2.05, 4.69) is 31.4 Å². The molecule has 0 radical (unpaired) electrons. The Bertz CT molecular complexity index is 928. The Kier molecular flexibility index (Phi) is 5.58. The molecule has 0 fully saturated rings. The normalized spacial score (nSPS) is 11.8. The molecule has 1 aromatic carbocycles. The molecule has 8 heteroatoms. The zero-order valence-electron chi connectivity index (χ0n) is 14.0. The first-order chi connectivity index (χ1) is 12.5. The van der Waals surface area contributed by atoms with E-state index < -0.39 is 12.2 Å². The first-order valence-electron chi connectivity index (χ1n) is 7.76. The lowest BCUT2D eigenvalue weighted by atomic mass is 10.1. The standard InChI is InChI=1S/C18H15BrClN3O3/c1-10-16(17(26-23-10)15-8-7-12(19)9-21-15)22-18(24)25-11(2)13-5-3-4-6-14(13)20/h3-9,11H,1-2H3,(H,22,24). The van der Waals surface area contributed by atoms with Gasteiger partial charge in [0.2, 0.25) is 5.76 Å². The molecule has 2 aromatic heterocycles. The van der Waals surface area contributed by atoms with E-state index >= 15 is 0 Å². The Morgan fingerprint density at radius 1 is 1.31 bits per heavy atom. The minimum atomic E-state index is -0.637. The largest absolute Gasteiger partial charge is 0.441 e. The van der Waals surface area contributed by atoms with Crippen LogP contribution in [-0.2, 0) is 4.74 Å². The predicted octanol–water partition coefficient (Wildman–Crippen LogP) is 5.77. The predicted molar refractivity (Wildman–Crippen MR) is 102 cm³/mol. The van der Waals surface area contributed by atoms with Crippen molar-refractivity contribution < 1.29 is 14.1 Å². The second-order valence-corrected chi connectivity index (χ2v) is 6.85. The SMILES string of the molecule is Cc1noc(-c2ccc(Br)cn2)c1NC(=O)OC(C)c1ccccc1Cl. The number of carbonyl (C=O) groups excluding carboxylic acids is 1. The van der Waals surface area contributed by atoms with Crippen LogP contribution in [-0.4, -0.2) is 16.2 Å². The molecule has 0 aliphatic carbocycles. The number of nitrogens with one attached hydrogen (secondary N) is 1. The zero-order valence-corrected chi connectivity index (χ0v) is 16.3. The lowest BCUT2D eigenvalue weighted by Crippen LogP contribution is -2.17. The Morgan fingerprint density at radius 2 is 2.08 bits per heavy atom. The van der Waals surface area contributed by atoms with Crippen molar-refractivity contribution in [3.05, 3.63) is 63.3 Å². The smallest absolute Gasteiger partial charge is 0.412 e. The summed E-state index contributed by atoms with van der Waals surface area (Å²) in [7, 11) is 0. The Balaban J connectivity index is 1.77. The molecule has 134 valence electrons. The third-order valence-corrected chi connectivity index (χ3v) is 4.49. The molecule has 0 saturated heterocycles. The number of pyridine rings is 1. The molecule has 0 spiro atoms. The maximum absolute atomic E-state index is 12.3. The Hall–Kier alpha value is -2.38. The van der Waals surface area contributed by atoms with Gasteiger partial charge < -0.3 is 9.26 Å². The number of halogens is 2. The van der Waals surface area contributed by atoms with E-state index in [1.54, 1.807) is 32.2 Å². The quantitative estimate of drug-likeness (QED) is 0.562. The first kappa shape index (κ1) is 18.4. The minimum absolute atomic E-state index is 0.359. The van der Waals surface area contributed by atoms with Crippen LogP contribution < -0.4 is 5.32 Å². The number of nitrogens with zero attached hydrogens (tertiary/aromatic N) is 2. The average Bonchev–Trinajstić information content (AvgIpc) is 2.96. The van der Waals surface area contributed by atoms with Gasteiger partial charge in [0.25, 0.3) is 0 Å². The van der Waals surface area contributed by atoms with Crippen molar-refractivity contribution in [3.8, 4) is 11.5 Å². The molecule has 0 bridgehead atoms. The summed E-state index contributed by atoms with van der Waals surface area (Å²) in [5.41, 5.74) is 2.20. The van der Waals surface area contributed by atoms with E-state index in [-0.39, 0.29) is 0 Å². The molecule has 0 aliphatic rings. The molecule has 3 aromatic rings. The average molecular weight is 437 g/mol. The summed E-state index contributed by atoms with van der Waals surface area (Å²) >= 11 is 9.47. The maximum atomic E-state index is 12.3. The van der Waals surface area contributed by atoms with Gasteiger partial charge in [-0.15, -0.1) is 0 Å². The summed E-state index contributed by atoms with van der Waals surface area (Å²) in [4.78, 5) is 16.6. The molecule has 1 atom stereocenters. The van der Waals surface area contributed by atoms with Crippen LogP contribution in [0, 0.1) is 6.92 Å². The van der Waals surface area contributed by atoms with Crippen LogP contribution in [0.4, 0.5) is 10.5 Å². The van der Waals surface area contributed by atoms with Crippen molar-refractivity contribution in [2.75, 3.05) is 5.32 Å². The van der Waals surface area contributed by atoms with Crippen molar-refractivity contribution in [2.24, 2.45) is 0 Å². The van der Waals surface area contributed by atoms with Crippen LogP contribution in [0.3, 0.4) is 0 Å². The summed E-state index contributed by atoms with van der Waals surface area (Å²) in [6.45, 7) is 3.47.